The van der Waals surface area contributed by atoms with Crippen molar-refractivity contribution in [3.05, 3.63) is 11.6 Å². The number of carboxylic acid groups (broad SMARTS) is 1. The second-order valence-corrected chi connectivity index (χ2v) is 4.35. The molecule has 0 heterocycles. The predicted octanol–water partition coefficient (Wildman–Crippen LogP) is 0.864. The first-order valence-electron chi connectivity index (χ1n) is 5.77. The van der Waals surface area contributed by atoms with Crippen molar-refractivity contribution in [3.8, 4) is 0 Å². The number of carbonyl (C=O) groups excluding carboxylic acids is 1. The van der Waals surface area contributed by atoms with E-state index in [-0.39, 0.29) is 11.9 Å². The Morgan fingerprint density at radius 1 is 1.35 bits per heavy atom. The van der Waals surface area contributed by atoms with E-state index < -0.39 is 5.97 Å². The van der Waals surface area contributed by atoms with Crippen molar-refractivity contribution < 1.29 is 14.7 Å². The van der Waals surface area contributed by atoms with Gasteiger partial charge in [0, 0.05) is 18.7 Å². The number of amides is 1. The topological polar surface area (TPSA) is 69.6 Å². The van der Waals surface area contributed by atoms with Gasteiger partial charge < -0.3 is 10.4 Å². The molecule has 0 bridgehead atoms. The normalized spacial score (nSPS) is 12.0. The Hall–Kier alpha value is -1.36. The third-order valence-corrected chi connectivity index (χ3v) is 2.11. The van der Waals surface area contributed by atoms with Gasteiger partial charge in [0.1, 0.15) is 0 Å². The Labute approximate surface area is 102 Å². The Morgan fingerprint density at radius 2 is 1.94 bits per heavy atom. The van der Waals surface area contributed by atoms with Crippen LogP contribution in [0.5, 0.6) is 0 Å². The lowest BCUT2D eigenvalue weighted by molar-refractivity contribution is -0.131. The Morgan fingerprint density at radius 3 is 2.35 bits per heavy atom. The largest absolute Gasteiger partial charge is 0.478 e. The van der Waals surface area contributed by atoms with Gasteiger partial charge in [-0.3, -0.25) is 9.69 Å². The van der Waals surface area contributed by atoms with Gasteiger partial charge in [-0.15, -0.1) is 0 Å². The van der Waals surface area contributed by atoms with Gasteiger partial charge in [-0.2, -0.15) is 0 Å². The second-order valence-electron chi connectivity index (χ2n) is 4.35. The minimum atomic E-state index is -0.954. The molecule has 5 heteroatoms. The van der Waals surface area contributed by atoms with E-state index in [1.165, 1.54) is 6.08 Å². The fourth-order valence-electron chi connectivity index (χ4n) is 1.46. The molecular formula is C12H22N2O3. The van der Waals surface area contributed by atoms with Crippen LogP contribution in [0.2, 0.25) is 0 Å². The van der Waals surface area contributed by atoms with Crippen molar-refractivity contribution in [3.63, 3.8) is 0 Å². The molecule has 0 rings (SSSR count). The molecule has 0 radical (unpaired) electrons. The number of hydrogen-bond acceptors (Lipinski definition) is 3. The Kier molecular flexibility index (Phi) is 7.21. The molecule has 0 aromatic rings. The average molecular weight is 242 g/mol. The standard InChI is InChI=1S/C12H22N2O3/c1-5-14(7-10(4)6-12(16)17)8-11(15)13-9(2)3/h6,9H,5,7-8H2,1-4H3,(H,13,15)(H,16,17)/b10-6+. The van der Waals surface area contributed by atoms with E-state index in [0.717, 1.165) is 5.57 Å². The van der Waals surface area contributed by atoms with Gasteiger partial charge in [0.2, 0.25) is 5.91 Å². The number of hydrogen-bond donors (Lipinski definition) is 2. The summed E-state index contributed by atoms with van der Waals surface area (Å²) in [5.74, 6) is -0.991. The van der Waals surface area contributed by atoms with Gasteiger partial charge in [0.25, 0.3) is 0 Å². The summed E-state index contributed by atoms with van der Waals surface area (Å²) in [5, 5.41) is 11.4. The summed E-state index contributed by atoms with van der Waals surface area (Å²) in [6.07, 6.45) is 1.17. The van der Waals surface area contributed by atoms with Crippen molar-refractivity contribution in [2.24, 2.45) is 0 Å². The number of carboxylic acids is 1. The highest BCUT2D eigenvalue weighted by Gasteiger charge is 2.10. The van der Waals surface area contributed by atoms with E-state index >= 15 is 0 Å². The maximum absolute atomic E-state index is 11.5. The van der Waals surface area contributed by atoms with Gasteiger partial charge in [0.05, 0.1) is 6.54 Å². The van der Waals surface area contributed by atoms with Crippen molar-refractivity contribution >= 4 is 11.9 Å². The first-order valence-corrected chi connectivity index (χ1v) is 5.77. The van der Waals surface area contributed by atoms with Crippen LogP contribution in [0.1, 0.15) is 27.7 Å². The summed E-state index contributed by atoms with van der Waals surface area (Å²) in [5.41, 5.74) is 0.733. The van der Waals surface area contributed by atoms with Crippen LogP contribution in [0.3, 0.4) is 0 Å². The number of nitrogens with one attached hydrogen (secondary N) is 1. The molecule has 0 aliphatic heterocycles. The van der Waals surface area contributed by atoms with Crippen molar-refractivity contribution in [1.82, 2.24) is 10.2 Å². The number of likely N-dealkylation sites (N-methyl/N-ethyl adjacent to an activating group) is 1. The predicted molar refractivity (Wildman–Crippen MR) is 66.8 cm³/mol. The molecule has 1 amide bonds. The minimum Gasteiger partial charge on any atom is -0.478 e. The zero-order valence-electron chi connectivity index (χ0n) is 11.0. The first-order chi connectivity index (χ1) is 7.85. The molecule has 0 unspecified atom stereocenters. The minimum absolute atomic E-state index is 0.0371. The van der Waals surface area contributed by atoms with E-state index in [0.29, 0.717) is 19.6 Å². The third kappa shape index (κ3) is 8.45. The number of rotatable bonds is 7. The zero-order valence-corrected chi connectivity index (χ0v) is 11.0. The van der Waals surface area contributed by atoms with Gasteiger partial charge in [-0.25, -0.2) is 4.79 Å². The van der Waals surface area contributed by atoms with E-state index in [9.17, 15) is 9.59 Å². The van der Waals surface area contributed by atoms with Crippen molar-refractivity contribution in [2.45, 2.75) is 33.7 Å². The van der Waals surface area contributed by atoms with Crippen LogP contribution in [0.4, 0.5) is 0 Å². The average Bonchev–Trinajstić information content (AvgIpc) is 2.13. The quantitative estimate of drug-likeness (QED) is 0.650. The highest BCUT2D eigenvalue weighted by Crippen LogP contribution is 1.98. The van der Waals surface area contributed by atoms with Gasteiger partial charge in [-0.05, 0) is 27.3 Å². The van der Waals surface area contributed by atoms with E-state index in [1.807, 2.05) is 25.7 Å². The van der Waals surface area contributed by atoms with Crippen LogP contribution in [0.25, 0.3) is 0 Å². The Bertz CT molecular complexity index is 298. The summed E-state index contributed by atoms with van der Waals surface area (Å²) in [6.45, 7) is 8.99. The molecule has 0 aromatic carbocycles. The van der Waals surface area contributed by atoms with Gasteiger partial charge in [-0.1, -0.05) is 12.5 Å². The fourth-order valence-corrected chi connectivity index (χ4v) is 1.46. The van der Waals surface area contributed by atoms with Gasteiger partial charge in [0.15, 0.2) is 0 Å². The van der Waals surface area contributed by atoms with E-state index in [2.05, 4.69) is 5.32 Å². The van der Waals surface area contributed by atoms with Crippen LogP contribution < -0.4 is 5.32 Å². The summed E-state index contributed by atoms with van der Waals surface area (Å²) >= 11 is 0. The number of aliphatic carboxylic acids is 1. The van der Waals surface area contributed by atoms with E-state index in [4.69, 9.17) is 5.11 Å². The highest BCUT2D eigenvalue weighted by atomic mass is 16.4. The molecule has 0 aliphatic carbocycles. The smallest absolute Gasteiger partial charge is 0.328 e. The molecule has 0 aliphatic rings. The van der Waals surface area contributed by atoms with Crippen LogP contribution in [-0.4, -0.2) is 47.6 Å². The molecule has 0 aromatic heterocycles. The number of carbonyl (C=O) groups is 2. The van der Waals surface area contributed by atoms with Crippen LogP contribution >= 0.6 is 0 Å². The lowest BCUT2D eigenvalue weighted by Gasteiger charge is -2.20. The molecule has 0 atom stereocenters. The van der Waals surface area contributed by atoms with Crippen LogP contribution in [-0.2, 0) is 9.59 Å². The summed E-state index contributed by atoms with van der Waals surface area (Å²) in [4.78, 5) is 23.9. The zero-order chi connectivity index (χ0) is 13.4. The van der Waals surface area contributed by atoms with Gasteiger partial charge >= 0.3 is 5.97 Å². The first kappa shape index (κ1) is 15.6. The summed E-state index contributed by atoms with van der Waals surface area (Å²) in [6, 6.07) is 0.122. The molecule has 0 spiro atoms. The highest BCUT2D eigenvalue weighted by molar-refractivity contribution is 5.80. The SMILES string of the molecule is CCN(CC(=O)NC(C)C)C/C(C)=C/C(=O)O. The second kappa shape index (κ2) is 7.84. The summed E-state index contributed by atoms with van der Waals surface area (Å²) in [7, 11) is 0. The van der Waals surface area contributed by atoms with E-state index in [1.54, 1.807) is 6.92 Å². The van der Waals surface area contributed by atoms with Crippen LogP contribution in [0.15, 0.2) is 11.6 Å². The van der Waals surface area contributed by atoms with Crippen molar-refractivity contribution in [1.29, 1.82) is 0 Å². The molecule has 0 fully saturated rings. The molecule has 0 saturated carbocycles. The molecule has 2 N–H and O–H groups in total. The van der Waals surface area contributed by atoms with Crippen molar-refractivity contribution in [2.75, 3.05) is 19.6 Å². The number of nitrogens with zero attached hydrogens (tertiary/aromatic N) is 1. The fraction of sp³-hybridized carbons (Fsp3) is 0.667. The monoisotopic (exact) mass is 242 g/mol. The maximum Gasteiger partial charge on any atom is 0.328 e. The summed E-state index contributed by atoms with van der Waals surface area (Å²) < 4.78 is 0. The molecular weight excluding hydrogens is 220 g/mol. The third-order valence-electron chi connectivity index (χ3n) is 2.11. The molecule has 17 heavy (non-hydrogen) atoms. The van der Waals surface area contributed by atoms with Crippen LogP contribution in [0, 0.1) is 0 Å². The Balaban J connectivity index is 4.25. The maximum atomic E-state index is 11.5. The molecule has 98 valence electrons. The lowest BCUT2D eigenvalue weighted by atomic mass is 10.2. The lowest BCUT2D eigenvalue weighted by Crippen LogP contribution is -2.40. The molecule has 5 nitrogen and oxygen atoms in total. The molecule has 0 saturated heterocycles.